The van der Waals surface area contributed by atoms with E-state index in [0.29, 0.717) is 24.0 Å². The van der Waals surface area contributed by atoms with E-state index in [9.17, 15) is 4.79 Å². The molecule has 1 atom stereocenters. The van der Waals surface area contributed by atoms with Gasteiger partial charge in [-0.2, -0.15) is 0 Å². The molecule has 1 saturated heterocycles. The highest BCUT2D eigenvalue weighted by atomic mass is 16.5. The molecule has 0 saturated carbocycles. The summed E-state index contributed by atoms with van der Waals surface area (Å²) in [4.78, 5) is 16.7. The molecule has 0 aliphatic carbocycles. The Kier molecular flexibility index (Phi) is 5.81. The Hall–Kier alpha value is -2.08. The van der Waals surface area contributed by atoms with Crippen LogP contribution in [0.4, 0.5) is 0 Å². The number of rotatable bonds is 6. The van der Waals surface area contributed by atoms with Crippen molar-refractivity contribution in [3.63, 3.8) is 0 Å². The minimum atomic E-state index is -0.149. The second kappa shape index (κ2) is 8.08. The summed E-state index contributed by atoms with van der Waals surface area (Å²) in [7, 11) is 1.75. The molecule has 0 unspecified atom stereocenters. The summed E-state index contributed by atoms with van der Waals surface area (Å²) >= 11 is 0. The van der Waals surface area contributed by atoms with Gasteiger partial charge in [-0.3, -0.25) is 9.69 Å². The van der Waals surface area contributed by atoms with Crippen LogP contribution in [0.25, 0.3) is 0 Å². The third kappa shape index (κ3) is 4.18. The van der Waals surface area contributed by atoms with Gasteiger partial charge in [0, 0.05) is 13.1 Å². The second-order valence-corrected chi connectivity index (χ2v) is 7.51. The van der Waals surface area contributed by atoms with E-state index in [2.05, 4.69) is 30.8 Å². The molecule has 1 fully saturated rings. The molecule has 2 aromatic rings. The SMILES string of the molecule is CC(C)c1cc(CN(C)C(=O)c2ccc([C@H](C)N3CCCCC3)o2)on1. The lowest BCUT2D eigenvalue weighted by Crippen LogP contribution is -2.32. The quantitative estimate of drug-likeness (QED) is 0.773. The van der Waals surface area contributed by atoms with Crippen LogP contribution in [0.3, 0.4) is 0 Å². The summed E-state index contributed by atoms with van der Waals surface area (Å²) < 4.78 is 11.2. The predicted octanol–water partition coefficient (Wildman–Crippen LogP) is 4.21. The molecule has 6 heteroatoms. The molecule has 0 bridgehead atoms. The van der Waals surface area contributed by atoms with E-state index in [0.717, 1.165) is 24.5 Å². The fourth-order valence-corrected chi connectivity index (χ4v) is 3.35. The lowest BCUT2D eigenvalue weighted by atomic mass is 10.1. The van der Waals surface area contributed by atoms with E-state index < -0.39 is 0 Å². The fraction of sp³-hybridized carbons (Fsp3) is 0.600. The van der Waals surface area contributed by atoms with Gasteiger partial charge in [0.15, 0.2) is 11.5 Å². The zero-order valence-corrected chi connectivity index (χ0v) is 16.2. The van der Waals surface area contributed by atoms with Crippen molar-refractivity contribution in [1.29, 1.82) is 0 Å². The molecule has 1 aliphatic rings. The van der Waals surface area contributed by atoms with Crippen LogP contribution in [0, 0.1) is 0 Å². The highest BCUT2D eigenvalue weighted by Crippen LogP contribution is 2.26. The van der Waals surface area contributed by atoms with Gasteiger partial charge in [0.2, 0.25) is 0 Å². The Bertz CT molecular complexity index is 728. The molecule has 142 valence electrons. The van der Waals surface area contributed by atoms with Gasteiger partial charge in [0.1, 0.15) is 5.76 Å². The van der Waals surface area contributed by atoms with Crippen molar-refractivity contribution in [2.75, 3.05) is 20.1 Å². The minimum Gasteiger partial charge on any atom is -0.454 e. The second-order valence-electron chi connectivity index (χ2n) is 7.51. The van der Waals surface area contributed by atoms with E-state index in [4.69, 9.17) is 8.94 Å². The van der Waals surface area contributed by atoms with Crippen LogP contribution in [0.1, 0.15) is 79.8 Å². The van der Waals surface area contributed by atoms with Crippen LogP contribution in [-0.4, -0.2) is 41.0 Å². The maximum atomic E-state index is 12.7. The average Bonchev–Trinajstić information content (AvgIpc) is 3.31. The molecule has 6 nitrogen and oxygen atoms in total. The third-order valence-electron chi connectivity index (χ3n) is 5.10. The molecule has 0 spiro atoms. The molecule has 0 aromatic carbocycles. The molecule has 1 amide bonds. The van der Waals surface area contributed by atoms with E-state index in [1.165, 1.54) is 19.3 Å². The highest BCUT2D eigenvalue weighted by molar-refractivity contribution is 5.91. The largest absolute Gasteiger partial charge is 0.454 e. The van der Waals surface area contributed by atoms with Crippen molar-refractivity contribution in [3.8, 4) is 0 Å². The first kappa shape index (κ1) is 18.7. The van der Waals surface area contributed by atoms with Crippen molar-refractivity contribution in [3.05, 3.63) is 41.2 Å². The number of furan rings is 1. The molecular weight excluding hydrogens is 330 g/mol. The molecule has 1 aliphatic heterocycles. The Morgan fingerprint density at radius 3 is 2.62 bits per heavy atom. The minimum absolute atomic E-state index is 0.149. The van der Waals surface area contributed by atoms with Gasteiger partial charge in [0.05, 0.1) is 18.3 Å². The molecule has 0 radical (unpaired) electrons. The monoisotopic (exact) mass is 359 g/mol. The van der Waals surface area contributed by atoms with Crippen LogP contribution in [0.15, 0.2) is 27.1 Å². The molecule has 3 heterocycles. The number of carbonyl (C=O) groups excluding carboxylic acids is 1. The summed E-state index contributed by atoms with van der Waals surface area (Å²) in [5.41, 5.74) is 0.900. The van der Waals surface area contributed by atoms with Crippen LogP contribution in [0.2, 0.25) is 0 Å². The number of nitrogens with zero attached hydrogens (tertiary/aromatic N) is 3. The Labute approximate surface area is 155 Å². The third-order valence-corrected chi connectivity index (χ3v) is 5.10. The average molecular weight is 359 g/mol. The normalized spacial score (nSPS) is 16.8. The van der Waals surface area contributed by atoms with Gasteiger partial charge < -0.3 is 13.8 Å². The maximum Gasteiger partial charge on any atom is 0.289 e. The number of hydrogen-bond donors (Lipinski definition) is 0. The Morgan fingerprint density at radius 2 is 1.96 bits per heavy atom. The van der Waals surface area contributed by atoms with Gasteiger partial charge in [-0.05, 0) is 50.9 Å². The van der Waals surface area contributed by atoms with Crippen LogP contribution in [0.5, 0.6) is 0 Å². The number of carbonyl (C=O) groups is 1. The van der Waals surface area contributed by atoms with E-state index >= 15 is 0 Å². The Balaban J connectivity index is 1.62. The summed E-state index contributed by atoms with van der Waals surface area (Å²) in [6.45, 7) is 8.82. The van der Waals surface area contributed by atoms with Gasteiger partial charge >= 0.3 is 0 Å². The topological polar surface area (TPSA) is 62.7 Å². The summed E-state index contributed by atoms with van der Waals surface area (Å²) in [6, 6.07) is 5.80. The van der Waals surface area contributed by atoms with Crippen molar-refractivity contribution < 1.29 is 13.7 Å². The van der Waals surface area contributed by atoms with E-state index in [-0.39, 0.29) is 11.9 Å². The van der Waals surface area contributed by atoms with E-state index in [1.54, 1.807) is 18.0 Å². The first-order valence-corrected chi connectivity index (χ1v) is 9.50. The van der Waals surface area contributed by atoms with Crippen molar-refractivity contribution >= 4 is 5.91 Å². The Morgan fingerprint density at radius 1 is 1.23 bits per heavy atom. The number of amides is 1. The first-order chi connectivity index (χ1) is 12.5. The van der Waals surface area contributed by atoms with Crippen molar-refractivity contribution in [2.24, 2.45) is 0 Å². The molecule has 3 rings (SSSR count). The van der Waals surface area contributed by atoms with E-state index in [1.807, 2.05) is 12.1 Å². The van der Waals surface area contributed by atoms with Gasteiger partial charge in [0.25, 0.3) is 5.91 Å². The van der Waals surface area contributed by atoms with Gasteiger partial charge in [-0.25, -0.2) is 0 Å². The lowest BCUT2D eigenvalue weighted by Gasteiger charge is -2.31. The maximum absolute atomic E-state index is 12.7. The summed E-state index contributed by atoms with van der Waals surface area (Å²) in [5, 5.41) is 4.04. The predicted molar refractivity (Wildman–Crippen MR) is 98.9 cm³/mol. The standard InChI is InChI=1S/C20H29N3O3/c1-14(2)17-12-16(26-21-17)13-22(4)20(24)19-9-8-18(25-19)15(3)23-10-6-5-7-11-23/h8-9,12,14-15H,5-7,10-11,13H2,1-4H3/t15-/m0/s1. The van der Waals surface area contributed by atoms with Crippen LogP contribution < -0.4 is 0 Å². The zero-order valence-electron chi connectivity index (χ0n) is 16.2. The van der Waals surface area contributed by atoms with Crippen LogP contribution in [-0.2, 0) is 6.54 Å². The summed E-state index contributed by atoms with van der Waals surface area (Å²) in [6.07, 6.45) is 3.76. The highest BCUT2D eigenvalue weighted by Gasteiger charge is 2.23. The molecular formula is C20H29N3O3. The lowest BCUT2D eigenvalue weighted by molar-refractivity contribution is 0.0732. The first-order valence-electron chi connectivity index (χ1n) is 9.50. The van der Waals surface area contributed by atoms with Crippen molar-refractivity contribution in [2.45, 2.75) is 58.5 Å². The zero-order chi connectivity index (χ0) is 18.7. The number of hydrogen-bond acceptors (Lipinski definition) is 5. The summed E-state index contributed by atoms with van der Waals surface area (Å²) in [5.74, 6) is 2.06. The number of likely N-dealkylation sites (tertiary alicyclic amines) is 1. The van der Waals surface area contributed by atoms with Gasteiger partial charge in [-0.15, -0.1) is 0 Å². The van der Waals surface area contributed by atoms with Crippen LogP contribution >= 0.6 is 0 Å². The van der Waals surface area contributed by atoms with Crippen molar-refractivity contribution in [1.82, 2.24) is 15.0 Å². The molecule has 2 aromatic heterocycles. The molecule has 0 N–H and O–H groups in total. The molecule has 26 heavy (non-hydrogen) atoms. The number of piperidine rings is 1. The fourth-order valence-electron chi connectivity index (χ4n) is 3.35. The number of aromatic nitrogens is 1. The smallest absolute Gasteiger partial charge is 0.289 e. The van der Waals surface area contributed by atoms with Gasteiger partial charge in [-0.1, -0.05) is 25.4 Å².